The van der Waals surface area contributed by atoms with E-state index in [9.17, 15) is 15.0 Å². The predicted octanol–water partition coefficient (Wildman–Crippen LogP) is 5.08. The number of nitrogens with zero attached hydrogens (tertiary/aromatic N) is 1. The molecule has 6 rings (SSSR count). The van der Waals surface area contributed by atoms with Crippen molar-refractivity contribution in [3.05, 3.63) is 58.4 Å². The molecule has 0 amide bonds. The van der Waals surface area contributed by atoms with E-state index < -0.39 is 5.63 Å². The smallest absolute Gasteiger partial charge is 0.361 e. The number of aromatic nitrogens is 1. The van der Waals surface area contributed by atoms with Crippen LogP contribution in [0.5, 0.6) is 34.5 Å². The van der Waals surface area contributed by atoms with Crippen molar-refractivity contribution in [1.29, 1.82) is 0 Å². The molecule has 9 heteroatoms. The van der Waals surface area contributed by atoms with Crippen molar-refractivity contribution in [2.45, 2.75) is 13.0 Å². The molecule has 0 spiro atoms. The fourth-order valence-electron chi connectivity index (χ4n) is 5.43. The zero-order chi connectivity index (χ0) is 26.7. The minimum absolute atomic E-state index is 0.00333. The van der Waals surface area contributed by atoms with Crippen LogP contribution in [0.1, 0.15) is 5.56 Å². The zero-order valence-corrected chi connectivity index (χ0v) is 21.2. The molecule has 0 saturated heterocycles. The molecule has 9 nitrogen and oxygen atoms in total. The highest BCUT2D eigenvalue weighted by atomic mass is 16.5. The number of ether oxygens (including phenoxy) is 4. The highest BCUT2D eigenvalue weighted by Crippen LogP contribution is 2.49. The Bertz CT molecular complexity index is 1810. The Morgan fingerprint density at radius 3 is 2.21 bits per heavy atom. The van der Waals surface area contributed by atoms with Crippen molar-refractivity contribution in [3.8, 4) is 56.9 Å². The summed E-state index contributed by atoms with van der Waals surface area (Å²) in [4.78, 5) is 13.5. The van der Waals surface area contributed by atoms with Gasteiger partial charge < -0.3 is 38.1 Å². The molecule has 1 aliphatic heterocycles. The molecule has 2 N–H and O–H groups in total. The summed E-state index contributed by atoms with van der Waals surface area (Å²) in [5, 5.41) is 21.9. The Labute approximate surface area is 217 Å². The van der Waals surface area contributed by atoms with Gasteiger partial charge in [-0.1, -0.05) is 6.07 Å². The van der Waals surface area contributed by atoms with Gasteiger partial charge in [0.15, 0.2) is 34.5 Å². The second kappa shape index (κ2) is 8.65. The van der Waals surface area contributed by atoms with Crippen LogP contribution in [-0.4, -0.2) is 43.2 Å². The molecule has 3 aromatic carbocycles. The van der Waals surface area contributed by atoms with Crippen LogP contribution in [0.3, 0.4) is 0 Å². The molecule has 0 aliphatic carbocycles. The van der Waals surface area contributed by atoms with E-state index in [1.165, 1.54) is 20.3 Å². The van der Waals surface area contributed by atoms with Crippen LogP contribution in [-0.2, 0) is 13.0 Å². The standard InChI is InChI=1S/C29H25NO8/c1-34-21-10-15(5-6-18(21)31)25-26-17-12-22(35-2)19(32)13-20(17)38-29(33)28(26)30-8-7-14-9-23(36-3)24(37-4)11-16(14)27(25)30/h5-6,9-13,31-32H,7-8H2,1-4H3. The number of aryl methyl sites for hydroxylation is 2. The Balaban J connectivity index is 1.84. The lowest BCUT2D eigenvalue weighted by atomic mass is 9.91. The van der Waals surface area contributed by atoms with Gasteiger partial charge in [0.25, 0.3) is 0 Å². The summed E-state index contributed by atoms with van der Waals surface area (Å²) in [6, 6.07) is 12.0. The molecule has 0 fully saturated rings. The summed E-state index contributed by atoms with van der Waals surface area (Å²) in [7, 11) is 6.12. The molecule has 5 aromatic rings. The lowest BCUT2D eigenvalue weighted by molar-refractivity contribution is 0.354. The first kappa shape index (κ1) is 23.6. The van der Waals surface area contributed by atoms with Gasteiger partial charge >= 0.3 is 5.63 Å². The van der Waals surface area contributed by atoms with Gasteiger partial charge in [-0.2, -0.15) is 0 Å². The fraction of sp³-hybridized carbons (Fsp3) is 0.207. The molecule has 0 radical (unpaired) electrons. The van der Waals surface area contributed by atoms with Gasteiger partial charge in [0.2, 0.25) is 0 Å². The van der Waals surface area contributed by atoms with E-state index >= 15 is 0 Å². The molecule has 3 heterocycles. The SMILES string of the molecule is COc1cc(-c2c3n(c4c(=O)oc5cc(O)c(OC)cc5c24)CCc2cc(OC)c(OC)cc2-3)ccc1O. The zero-order valence-electron chi connectivity index (χ0n) is 21.2. The Morgan fingerprint density at radius 1 is 0.816 bits per heavy atom. The maximum absolute atomic E-state index is 13.5. The third-order valence-electron chi connectivity index (χ3n) is 7.15. The first-order valence-corrected chi connectivity index (χ1v) is 11.9. The van der Waals surface area contributed by atoms with Gasteiger partial charge in [-0.15, -0.1) is 0 Å². The van der Waals surface area contributed by atoms with E-state index in [1.807, 2.05) is 16.7 Å². The summed E-state index contributed by atoms with van der Waals surface area (Å²) in [6.45, 7) is 0.523. The molecule has 0 unspecified atom stereocenters. The summed E-state index contributed by atoms with van der Waals surface area (Å²) >= 11 is 0. The average Bonchev–Trinajstić information content (AvgIpc) is 3.28. The molecule has 0 atom stereocenters. The van der Waals surface area contributed by atoms with Crippen molar-refractivity contribution in [3.63, 3.8) is 0 Å². The molecule has 0 bridgehead atoms. The molecular formula is C29H25NO8. The van der Waals surface area contributed by atoms with Crippen LogP contribution in [0.2, 0.25) is 0 Å². The van der Waals surface area contributed by atoms with Crippen molar-refractivity contribution >= 4 is 21.9 Å². The Hall–Kier alpha value is -4.79. The molecule has 2 aromatic heterocycles. The minimum atomic E-state index is -0.528. The topological polar surface area (TPSA) is 113 Å². The monoisotopic (exact) mass is 515 g/mol. The second-order valence-electron chi connectivity index (χ2n) is 9.01. The van der Waals surface area contributed by atoms with Crippen molar-refractivity contribution < 1.29 is 33.6 Å². The summed E-state index contributed by atoms with van der Waals surface area (Å²) in [5.41, 5.74) is 4.27. The van der Waals surface area contributed by atoms with Crippen molar-refractivity contribution in [2.24, 2.45) is 0 Å². The van der Waals surface area contributed by atoms with Crippen molar-refractivity contribution in [1.82, 2.24) is 4.57 Å². The number of hydrogen-bond donors (Lipinski definition) is 2. The second-order valence-corrected chi connectivity index (χ2v) is 9.01. The van der Waals surface area contributed by atoms with Gasteiger partial charge in [0.1, 0.15) is 11.1 Å². The van der Waals surface area contributed by atoms with E-state index in [2.05, 4.69) is 0 Å². The first-order chi connectivity index (χ1) is 18.4. The van der Waals surface area contributed by atoms with Crippen LogP contribution in [0.15, 0.2) is 51.7 Å². The van der Waals surface area contributed by atoms with Crippen LogP contribution < -0.4 is 24.6 Å². The number of phenols is 2. The van der Waals surface area contributed by atoms with Crippen LogP contribution in [0, 0.1) is 0 Å². The lowest BCUT2D eigenvalue weighted by Crippen LogP contribution is -2.15. The molecule has 0 saturated carbocycles. The number of fused-ring (bicyclic) bond motifs is 7. The maximum atomic E-state index is 13.5. The Kier molecular flexibility index (Phi) is 5.37. The van der Waals surface area contributed by atoms with E-state index in [0.717, 1.165) is 27.9 Å². The van der Waals surface area contributed by atoms with E-state index in [-0.39, 0.29) is 22.8 Å². The third kappa shape index (κ3) is 3.28. The van der Waals surface area contributed by atoms with E-state index in [1.54, 1.807) is 38.5 Å². The van der Waals surface area contributed by atoms with Crippen LogP contribution in [0.25, 0.3) is 44.3 Å². The number of hydrogen-bond acceptors (Lipinski definition) is 8. The maximum Gasteiger partial charge on any atom is 0.361 e. The van der Waals surface area contributed by atoms with E-state index in [4.69, 9.17) is 23.4 Å². The van der Waals surface area contributed by atoms with Gasteiger partial charge in [-0.25, -0.2) is 4.79 Å². The highest BCUT2D eigenvalue weighted by Gasteiger charge is 2.30. The van der Waals surface area contributed by atoms with Gasteiger partial charge in [-0.05, 0) is 47.9 Å². The van der Waals surface area contributed by atoms with Gasteiger partial charge in [-0.3, -0.25) is 0 Å². The minimum Gasteiger partial charge on any atom is -0.504 e. The third-order valence-corrected chi connectivity index (χ3v) is 7.15. The summed E-state index contributed by atoms with van der Waals surface area (Å²) in [6.07, 6.45) is 0.654. The largest absolute Gasteiger partial charge is 0.504 e. The number of benzene rings is 3. The van der Waals surface area contributed by atoms with E-state index in [0.29, 0.717) is 46.5 Å². The molecule has 1 aliphatic rings. The lowest BCUT2D eigenvalue weighted by Gasteiger charge is -2.23. The predicted molar refractivity (Wildman–Crippen MR) is 142 cm³/mol. The van der Waals surface area contributed by atoms with Gasteiger partial charge in [0.05, 0.1) is 34.1 Å². The highest BCUT2D eigenvalue weighted by molar-refractivity contribution is 6.17. The number of methoxy groups -OCH3 is 4. The average molecular weight is 516 g/mol. The number of phenolic OH excluding ortho intramolecular Hbond substituents is 2. The first-order valence-electron chi connectivity index (χ1n) is 11.9. The normalized spacial score (nSPS) is 12.3. The molecule has 194 valence electrons. The molecule has 38 heavy (non-hydrogen) atoms. The number of aromatic hydroxyl groups is 2. The van der Waals surface area contributed by atoms with Crippen LogP contribution >= 0.6 is 0 Å². The van der Waals surface area contributed by atoms with Crippen molar-refractivity contribution in [2.75, 3.05) is 28.4 Å². The molecular weight excluding hydrogens is 490 g/mol. The number of rotatable bonds is 5. The fourth-order valence-corrected chi connectivity index (χ4v) is 5.43. The quantitative estimate of drug-likeness (QED) is 0.312. The summed E-state index contributed by atoms with van der Waals surface area (Å²) < 4.78 is 29.6. The Morgan fingerprint density at radius 2 is 1.50 bits per heavy atom. The summed E-state index contributed by atoms with van der Waals surface area (Å²) in [5.74, 6) is 1.58. The van der Waals surface area contributed by atoms with Gasteiger partial charge in [0, 0.05) is 34.5 Å². The van der Waals surface area contributed by atoms with Crippen LogP contribution in [0.4, 0.5) is 0 Å².